The number of benzene rings is 1. The summed E-state index contributed by atoms with van der Waals surface area (Å²) in [4.78, 5) is 15.5. The molecule has 18 heavy (non-hydrogen) atoms. The number of nitrogens with zero attached hydrogens (tertiary/aromatic N) is 2. The highest BCUT2D eigenvalue weighted by molar-refractivity contribution is 5.80. The number of carboxylic acid groups (broad SMARTS) is 1. The number of hydrogen-bond acceptors (Lipinski definition) is 2. The molecule has 0 aliphatic rings. The lowest BCUT2D eigenvalue weighted by Gasteiger charge is -2.06. The van der Waals surface area contributed by atoms with Crippen LogP contribution in [-0.4, -0.2) is 20.6 Å². The molecule has 1 heterocycles. The molecule has 0 unspecified atom stereocenters. The summed E-state index contributed by atoms with van der Waals surface area (Å²) in [7, 11) is 0. The molecule has 0 aliphatic heterocycles. The molecule has 2 rings (SSSR count). The Morgan fingerprint density at radius 1 is 1.33 bits per heavy atom. The summed E-state index contributed by atoms with van der Waals surface area (Å²) in [6.07, 6.45) is 1.76. The van der Waals surface area contributed by atoms with Gasteiger partial charge < -0.3 is 9.67 Å². The molecule has 0 saturated heterocycles. The third-order valence-corrected chi connectivity index (χ3v) is 3.21. The molecular weight excluding hydrogens is 228 g/mol. The van der Waals surface area contributed by atoms with E-state index in [4.69, 9.17) is 5.11 Å². The molecule has 0 spiro atoms. The van der Waals surface area contributed by atoms with Crippen molar-refractivity contribution >= 4 is 17.0 Å². The van der Waals surface area contributed by atoms with Crippen LogP contribution in [0.25, 0.3) is 11.0 Å². The van der Waals surface area contributed by atoms with Gasteiger partial charge in [0, 0.05) is 6.42 Å². The number of fused-ring (bicyclic) bond motifs is 1. The van der Waals surface area contributed by atoms with Crippen LogP contribution in [0.5, 0.6) is 0 Å². The van der Waals surface area contributed by atoms with Crippen LogP contribution in [0.2, 0.25) is 0 Å². The second-order valence-electron chi connectivity index (χ2n) is 4.68. The van der Waals surface area contributed by atoms with Gasteiger partial charge in [0.15, 0.2) is 0 Å². The lowest BCUT2D eigenvalue weighted by Crippen LogP contribution is -2.11. The Labute approximate surface area is 106 Å². The van der Waals surface area contributed by atoms with E-state index in [1.165, 1.54) is 5.56 Å². The van der Waals surface area contributed by atoms with Crippen molar-refractivity contribution in [3.8, 4) is 0 Å². The third kappa shape index (κ3) is 2.23. The molecule has 0 bridgehead atoms. The molecule has 4 heteroatoms. The average molecular weight is 246 g/mol. The average Bonchev–Trinajstić information content (AvgIpc) is 2.58. The Bertz CT molecular complexity index is 599. The maximum Gasteiger partial charge on any atom is 0.323 e. The number of carboxylic acids is 1. The predicted octanol–water partition coefficient (Wildman–Crippen LogP) is 2.69. The van der Waals surface area contributed by atoms with E-state index >= 15 is 0 Å². The second-order valence-corrected chi connectivity index (χ2v) is 4.68. The van der Waals surface area contributed by atoms with E-state index in [0.717, 1.165) is 35.3 Å². The Hall–Kier alpha value is -1.84. The fourth-order valence-electron chi connectivity index (χ4n) is 2.16. The van der Waals surface area contributed by atoms with Gasteiger partial charge in [0.2, 0.25) is 0 Å². The Morgan fingerprint density at radius 3 is 2.61 bits per heavy atom. The highest BCUT2D eigenvalue weighted by Crippen LogP contribution is 2.21. The smallest absolute Gasteiger partial charge is 0.323 e. The molecule has 96 valence electrons. The highest BCUT2D eigenvalue weighted by atomic mass is 16.4. The lowest BCUT2D eigenvalue weighted by atomic mass is 10.1. The number of aliphatic carboxylic acids is 1. The second kappa shape index (κ2) is 4.80. The number of rotatable bonds is 4. The van der Waals surface area contributed by atoms with Crippen LogP contribution in [0.15, 0.2) is 12.1 Å². The van der Waals surface area contributed by atoms with E-state index in [1.807, 2.05) is 30.5 Å². The van der Waals surface area contributed by atoms with Crippen molar-refractivity contribution in [2.24, 2.45) is 0 Å². The van der Waals surface area contributed by atoms with Crippen molar-refractivity contribution in [2.45, 2.75) is 40.2 Å². The predicted molar refractivity (Wildman–Crippen MR) is 70.8 cm³/mol. The van der Waals surface area contributed by atoms with E-state index in [-0.39, 0.29) is 6.54 Å². The normalized spacial score (nSPS) is 11.1. The van der Waals surface area contributed by atoms with Gasteiger partial charge in [-0.1, -0.05) is 6.92 Å². The summed E-state index contributed by atoms with van der Waals surface area (Å²) in [6.45, 7) is 6.13. The van der Waals surface area contributed by atoms with Gasteiger partial charge in [-0.3, -0.25) is 4.79 Å². The Morgan fingerprint density at radius 2 is 2.00 bits per heavy atom. The van der Waals surface area contributed by atoms with Gasteiger partial charge in [0.1, 0.15) is 12.4 Å². The molecule has 1 aromatic heterocycles. The number of aromatic nitrogens is 2. The summed E-state index contributed by atoms with van der Waals surface area (Å²) >= 11 is 0. The van der Waals surface area contributed by atoms with Crippen molar-refractivity contribution in [1.82, 2.24) is 9.55 Å². The van der Waals surface area contributed by atoms with E-state index in [9.17, 15) is 4.79 Å². The maximum absolute atomic E-state index is 11.0. The van der Waals surface area contributed by atoms with Crippen molar-refractivity contribution in [2.75, 3.05) is 0 Å². The fourth-order valence-corrected chi connectivity index (χ4v) is 2.16. The molecule has 4 nitrogen and oxygen atoms in total. The van der Waals surface area contributed by atoms with E-state index in [0.29, 0.717) is 0 Å². The van der Waals surface area contributed by atoms with Gasteiger partial charge in [-0.2, -0.15) is 0 Å². The summed E-state index contributed by atoms with van der Waals surface area (Å²) in [6, 6.07) is 4.06. The monoisotopic (exact) mass is 246 g/mol. The minimum Gasteiger partial charge on any atom is -0.480 e. The first-order valence-corrected chi connectivity index (χ1v) is 6.21. The number of imidazole rings is 1. The zero-order chi connectivity index (χ0) is 13.3. The minimum atomic E-state index is -0.829. The van der Waals surface area contributed by atoms with Gasteiger partial charge in [-0.15, -0.1) is 0 Å². The zero-order valence-corrected chi connectivity index (χ0v) is 11.0. The highest BCUT2D eigenvalue weighted by Gasteiger charge is 2.13. The molecule has 2 aromatic rings. The van der Waals surface area contributed by atoms with E-state index in [1.54, 1.807) is 0 Å². The molecule has 0 atom stereocenters. The van der Waals surface area contributed by atoms with Crippen LogP contribution in [-0.2, 0) is 17.8 Å². The van der Waals surface area contributed by atoms with Crippen LogP contribution in [0, 0.1) is 13.8 Å². The van der Waals surface area contributed by atoms with Crippen LogP contribution < -0.4 is 0 Å². The standard InChI is InChI=1S/C14H18N2O2/c1-4-5-13-15-11-6-9(2)10(3)7-12(11)16(13)8-14(17)18/h6-7H,4-5,8H2,1-3H3,(H,17,18). The summed E-state index contributed by atoms with van der Waals surface area (Å²) < 4.78 is 1.81. The SMILES string of the molecule is CCCc1nc2cc(C)c(C)cc2n1CC(=O)O. The fraction of sp³-hybridized carbons (Fsp3) is 0.429. The first-order chi connectivity index (χ1) is 8.52. The van der Waals surface area contributed by atoms with Gasteiger partial charge in [-0.05, 0) is 43.5 Å². The van der Waals surface area contributed by atoms with Gasteiger partial charge in [0.05, 0.1) is 11.0 Å². The molecule has 0 fully saturated rings. The zero-order valence-electron chi connectivity index (χ0n) is 11.0. The van der Waals surface area contributed by atoms with E-state index in [2.05, 4.69) is 11.9 Å². The third-order valence-electron chi connectivity index (χ3n) is 3.21. The van der Waals surface area contributed by atoms with E-state index < -0.39 is 5.97 Å². The van der Waals surface area contributed by atoms with Gasteiger partial charge >= 0.3 is 5.97 Å². The Kier molecular flexibility index (Phi) is 3.36. The molecular formula is C14H18N2O2. The number of aryl methyl sites for hydroxylation is 3. The molecule has 1 N–H and O–H groups in total. The summed E-state index contributed by atoms with van der Waals surface area (Å²) in [5.41, 5.74) is 4.16. The molecule has 1 aromatic carbocycles. The van der Waals surface area contributed by atoms with Crippen molar-refractivity contribution < 1.29 is 9.90 Å². The quantitative estimate of drug-likeness (QED) is 0.902. The largest absolute Gasteiger partial charge is 0.480 e. The molecule has 0 amide bonds. The van der Waals surface area contributed by atoms with Crippen LogP contribution >= 0.6 is 0 Å². The summed E-state index contributed by atoms with van der Waals surface area (Å²) in [5.74, 6) is 0.0322. The molecule has 0 saturated carbocycles. The molecule has 0 radical (unpaired) electrons. The summed E-state index contributed by atoms with van der Waals surface area (Å²) in [5, 5.41) is 9.01. The Balaban J connectivity index is 2.64. The van der Waals surface area contributed by atoms with Crippen molar-refractivity contribution in [1.29, 1.82) is 0 Å². The molecule has 0 aliphatic carbocycles. The van der Waals surface area contributed by atoms with Crippen LogP contribution in [0.4, 0.5) is 0 Å². The first kappa shape index (κ1) is 12.6. The van der Waals surface area contributed by atoms with Crippen molar-refractivity contribution in [3.05, 3.63) is 29.1 Å². The number of carbonyl (C=O) groups is 1. The van der Waals surface area contributed by atoms with Crippen LogP contribution in [0.1, 0.15) is 30.3 Å². The topological polar surface area (TPSA) is 55.1 Å². The van der Waals surface area contributed by atoms with Crippen molar-refractivity contribution in [3.63, 3.8) is 0 Å². The number of hydrogen-bond donors (Lipinski definition) is 1. The first-order valence-electron chi connectivity index (χ1n) is 6.21. The van der Waals surface area contributed by atoms with Gasteiger partial charge in [-0.25, -0.2) is 4.98 Å². The van der Waals surface area contributed by atoms with Crippen LogP contribution in [0.3, 0.4) is 0 Å². The minimum absolute atomic E-state index is 0.0195. The lowest BCUT2D eigenvalue weighted by molar-refractivity contribution is -0.137. The maximum atomic E-state index is 11.0. The van der Waals surface area contributed by atoms with Gasteiger partial charge in [0.25, 0.3) is 0 Å².